The topological polar surface area (TPSA) is 26.3 Å². The zero-order valence-electron chi connectivity index (χ0n) is 8.12. The molecule has 0 amide bonds. The molecule has 2 rings (SSSR count). The Morgan fingerprint density at radius 2 is 2.12 bits per heavy atom. The average molecular weight is 382 g/mol. The standard InChI is InChI=1S/C10H6Br2O2S2/c1-14-5-2-7(15-4-5)9(13)6-3-8(11)16-10(6)12/h2-4H,1H3. The van der Waals surface area contributed by atoms with Crippen LogP contribution in [0.4, 0.5) is 0 Å². The minimum Gasteiger partial charge on any atom is -0.496 e. The maximum Gasteiger partial charge on any atom is 0.205 e. The molecule has 0 fully saturated rings. The predicted octanol–water partition coefficient (Wildman–Crippen LogP) is 4.57. The zero-order chi connectivity index (χ0) is 11.7. The molecule has 2 aromatic rings. The second kappa shape index (κ2) is 5.00. The smallest absolute Gasteiger partial charge is 0.205 e. The van der Waals surface area contributed by atoms with E-state index in [1.807, 2.05) is 11.4 Å². The van der Waals surface area contributed by atoms with Gasteiger partial charge in [-0.2, -0.15) is 0 Å². The summed E-state index contributed by atoms with van der Waals surface area (Å²) in [5.74, 6) is 0.737. The number of hydrogen-bond donors (Lipinski definition) is 0. The molecule has 0 aliphatic heterocycles. The lowest BCUT2D eigenvalue weighted by molar-refractivity contribution is 0.104. The van der Waals surface area contributed by atoms with E-state index in [4.69, 9.17) is 4.74 Å². The molecule has 0 radical (unpaired) electrons. The summed E-state index contributed by atoms with van der Waals surface area (Å²) in [5, 5.41) is 1.82. The first-order valence-electron chi connectivity index (χ1n) is 4.24. The maximum absolute atomic E-state index is 12.1. The Morgan fingerprint density at radius 3 is 2.62 bits per heavy atom. The number of halogens is 2. The first kappa shape index (κ1) is 12.3. The molecule has 0 aliphatic carbocycles. The van der Waals surface area contributed by atoms with Gasteiger partial charge in [0.25, 0.3) is 0 Å². The van der Waals surface area contributed by atoms with E-state index >= 15 is 0 Å². The molecular weight excluding hydrogens is 376 g/mol. The van der Waals surface area contributed by atoms with Crippen LogP contribution in [-0.2, 0) is 0 Å². The van der Waals surface area contributed by atoms with Gasteiger partial charge in [0, 0.05) is 17.0 Å². The van der Waals surface area contributed by atoms with Crippen molar-refractivity contribution in [3.63, 3.8) is 0 Å². The van der Waals surface area contributed by atoms with Crippen LogP contribution >= 0.6 is 54.5 Å². The van der Waals surface area contributed by atoms with Crippen LogP contribution in [0.5, 0.6) is 5.75 Å². The molecule has 0 saturated carbocycles. The highest BCUT2D eigenvalue weighted by Gasteiger charge is 2.17. The molecule has 16 heavy (non-hydrogen) atoms. The summed E-state index contributed by atoms with van der Waals surface area (Å²) < 4.78 is 6.84. The van der Waals surface area contributed by atoms with E-state index in [0.29, 0.717) is 10.4 Å². The number of ether oxygens (including phenoxy) is 1. The van der Waals surface area contributed by atoms with E-state index in [1.54, 1.807) is 13.2 Å². The summed E-state index contributed by atoms with van der Waals surface area (Å²) in [6.45, 7) is 0. The molecule has 6 heteroatoms. The largest absolute Gasteiger partial charge is 0.496 e. The van der Waals surface area contributed by atoms with Gasteiger partial charge in [-0.05, 0) is 37.9 Å². The molecule has 0 aliphatic rings. The van der Waals surface area contributed by atoms with Crippen LogP contribution in [0.25, 0.3) is 0 Å². The van der Waals surface area contributed by atoms with Crippen molar-refractivity contribution in [2.24, 2.45) is 0 Å². The van der Waals surface area contributed by atoms with Gasteiger partial charge in [0.1, 0.15) is 5.75 Å². The minimum atomic E-state index is 0.0159. The molecule has 0 unspecified atom stereocenters. The fraction of sp³-hybridized carbons (Fsp3) is 0.100. The second-order valence-corrected chi connectivity index (χ2v) is 7.58. The third-order valence-electron chi connectivity index (χ3n) is 1.94. The number of hydrogen-bond acceptors (Lipinski definition) is 4. The van der Waals surface area contributed by atoms with Crippen LogP contribution in [0.1, 0.15) is 15.2 Å². The summed E-state index contributed by atoms with van der Waals surface area (Å²) in [4.78, 5) is 12.8. The highest BCUT2D eigenvalue weighted by molar-refractivity contribution is 9.12. The van der Waals surface area contributed by atoms with Crippen LogP contribution in [0.3, 0.4) is 0 Å². The van der Waals surface area contributed by atoms with E-state index in [1.165, 1.54) is 22.7 Å². The Kier molecular flexibility index (Phi) is 3.84. The van der Waals surface area contributed by atoms with Crippen molar-refractivity contribution in [2.45, 2.75) is 0 Å². The molecule has 84 valence electrons. The van der Waals surface area contributed by atoms with E-state index in [9.17, 15) is 4.79 Å². The SMILES string of the molecule is COc1csc(C(=O)c2cc(Br)sc2Br)c1. The van der Waals surface area contributed by atoms with E-state index in [-0.39, 0.29) is 5.78 Å². The molecule has 2 heterocycles. The van der Waals surface area contributed by atoms with Crippen molar-refractivity contribution < 1.29 is 9.53 Å². The number of rotatable bonds is 3. The lowest BCUT2D eigenvalue weighted by Gasteiger charge is -1.94. The van der Waals surface area contributed by atoms with Gasteiger partial charge in [-0.3, -0.25) is 4.79 Å². The Hall–Kier alpha value is -0.170. The van der Waals surface area contributed by atoms with Crippen molar-refractivity contribution in [3.05, 3.63) is 35.5 Å². The van der Waals surface area contributed by atoms with Gasteiger partial charge in [0.05, 0.1) is 19.6 Å². The van der Waals surface area contributed by atoms with Gasteiger partial charge in [0.2, 0.25) is 5.78 Å². The normalized spacial score (nSPS) is 10.4. The Bertz CT molecular complexity index is 531. The first-order chi connectivity index (χ1) is 7.61. The van der Waals surface area contributed by atoms with Gasteiger partial charge < -0.3 is 4.74 Å². The summed E-state index contributed by atoms with van der Waals surface area (Å²) in [7, 11) is 1.59. The van der Waals surface area contributed by atoms with Crippen molar-refractivity contribution in [3.8, 4) is 5.75 Å². The van der Waals surface area contributed by atoms with Gasteiger partial charge >= 0.3 is 0 Å². The highest BCUT2D eigenvalue weighted by Crippen LogP contribution is 2.34. The fourth-order valence-corrected chi connectivity index (χ4v) is 4.77. The fourth-order valence-electron chi connectivity index (χ4n) is 1.17. The second-order valence-electron chi connectivity index (χ2n) is 2.92. The van der Waals surface area contributed by atoms with E-state index in [2.05, 4.69) is 31.9 Å². The van der Waals surface area contributed by atoms with Crippen molar-refractivity contribution in [1.82, 2.24) is 0 Å². The summed E-state index contributed by atoms with van der Waals surface area (Å²) >= 11 is 9.62. The van der Waals surface area contributed by atoms with Crippen LogP contribution < -0.4 is 4.74 Å². The third-order valence-corrected chi connectivity index (χ3v) is 5.18. The van der Waals surface area contributed by atoms with Crippen LogP contribution in [0.2, 0.25) is 0 Å². The molecule has 0 aromatic carbocycles. The van der Waals surface area contributed by atoms with Crippen LogP contribution in [-0.4, -0.2) is 12.9 Å². The van der Waals surface area contributed by atoms with E-state index < -0.39 is 0 Å². The van der Waals surface area contributed by atoms with Crippen LogP contribution in [0, 0.1) is 0 Å². The number of carbonyl (C=O) groups excluding carboxylic acids is 1. The molecule has 0 spiro atoms. The predicted molar refractivity (Wildman–Crippen MR) is 74.0 cm³/mol. The molecule has 0 atom stereocenters. The quantitative estimate of drug-likeness (QED) is 0.727. The molecule has 0 bridgehead atoms. The molecule has 0 N–H and O–H groups in total. The Balaban J connectivity index is 2.35. The van der Waals surface area contributed by atoms with E-state index in [0.717, 1.165) is 13.3 Å². The maximum atomic E-state index is 12.1. The Labute approximate surface area is 118 Å². The van der Waals surface area contributed by atoms with Gasteiger partial charge in [-0.25, -0.2) is 0 Å². The monoisotopic (exact) mass is 380 g/mol. The number of methoxy groups -OCH3 is 1. The number of thiophene rings is 2. The van der Waals surface area contributed by atoms with Crippen molar-refractivity contribution in [1.29, 1.82) is 0 Å². The summed E-state index contributed by atoms with van der Waals surface area (Å²) in [5.41, 5.74) is 0.682. The molecule has 0 saturated heterocycles. The average Bonchev–Trinajstić information content (AvgIpc) is 2.84. The zero-order valence-corrected chi connectivity index (χ0v) is 12.9. The number of carbonyl (C=O) groups is 1. The highest BCUT2D eigenvalue weighted by atomic mass is 79.9. The van der Waals surface area contributed by atoms with Crippen molar-refractivity contribution >= 4 is 60.3 Å². The Morgan fingerprint density at radius 1 is 1.38 bits per heavy atom. The van der Waals surface area contributed by atoms with Gasteiger partial charge in [-0.15, -0.1) is 22.7 Å². The summed E-state index contributed by atoms with van der Waals surface area (Å²) in [6, 6.07) is 3.58. The molecule has 2 nitrogen and oxygen atoms in total. The first-order valence-corrected chi connectivity index (χ1v) is 7.52. The van der Waals surface area contributed by atoms with Gasteiger partial charge in [-0.1, -0.05) is 0 Å². The van der Waals surface area contributed by atoms with Crippen molar-refractivity contribution in [2.75, 3.05) is 7.11 Å². The minimum absolute atomic E-state index is 0.0159. The van der Waals surface area contributed by atoms with Crippen LogP contribution in [0.15, 0.2) is 25.1 Å². The van der Waals surface area contributed by atoms with Gasteiger partial charge in [0.15, 0.2) is 0 Å². The third kappa shape index (κ3) is 2.40. The molecular formula is C10H6Br2O2S2. The lowest BCUT2D eigenvalue weighted by Crippen LogP contribution is -1.96. The summed E-state index contributed by atoms with van der Waals surface area (Å²) in [6.07, 6.45) is 0. The number of ketones is 1. The molecule has 2 aromatic heterocycles. The lowest BCUT2D eigenvalue weighted by atomic mass is 10.2.